The van der Waals surface area contributed by atoms with Crippen molar-refractivity contribution in [2.75, 3.05) is 33.2 Å². The van der Waals surface area contributed by atoms with Gasteiger partial charge < -0.3 is 14.7 Å². The van der Waals surface area contributed by atoms with Crippen molar-refractivity contribution in [1.29, 1.82) is 0 Å². The molecule has 2 atom stereocenters. The Bertz CT molecular complexity index is 481. The number of rotatable bonds is 1. The van der Waals surface area contributed by atoms with E-state index >= 15 is 0 Å². The minimum absolute atomic E-state index is 0.0312. The highest BCUT2D eigenvalue weighted by Gasteiger charge is 2.45. The van der Waals surface area contributed by atoms with Crippen molar-refractivity contribution >= 4 is 0 Å². The van der Waals surface area contributed by atoms with Gasteiger partial charge in [-0.1, -0.05) is 18.2 Å². The summed E-state index contributed by atoms with van der Waals surface area (Å²) in [6.45, 7) is 8.01. The van der Waals surface area contributed by atoms with E-state index in [1.54, 1.807) is 0 Å². The first-order chi connectivity index (χ1) is 9.49. The molecule has 0 amide bonds. The van der Waals surface area contributed by atoms with E-state index < -0.39 is 11.7 Å². The molecule has 110 valence electrons. The lowest BCUT2D eigenvalue weighted by atomic mass is 9.85. The molecule has 1 N–H and O–H groups in total. The van der Waals surface area contributed by atoms with Gasteiger partial charge in [-0.2, -0.15) is 0 Å². The van der Waals surface area contributed by atoms with Gasteiger partial charge in [-0.05, 0) is 27.0 Å². The molecule has 2 heterocycles. The molecule has 0 spiro atoms. The molecule has 0 saturated carbocycles. The number of para-hydroxylation sites is 1. The van der Waals surface area contributed by atoms with Gasteiger partial charge in [0, 0.05) is 31.7 Å². The molecule has 0 aliphatic carbocycles. The minimum atomic E-state index is -0.553. The Morgan fingerprint density at radius 1 is 1.15 bits per heavy atom. The number of fused-ring (bicyclic) bond motifs is 1. The Labute approximate surface area is 120 Å². The summed E-state index contributed by atoms with van der Waals surface area (Å²) in [5.74, 6) is 0.909. The molecule has 2 aliphatic heterocycles. The van der Waals surface area contributed by atoms with Gasteiger partial charge >= 0.3 is 0 Å². The second kappa shape index (κ2) is 5.02. The zero-order valence-electron chi connectivity index (χ0n) is 12.5. The molecular formula is C16H24N2O2. The van der Waals surface area contributed by atoms with Gasteiger partial charge in [0.2, 0.25) is 0 Å². The first-order valence-electron chi connectivity index (χ1n) is 7.37. The summed E-state index contributed by atoms with van der Waals surface area (Å²) in [6.07, 6.45) is -0.513. The molecule has 0 aromatic heterocycles. The third-order valence-corrected chi connectivity index (χ3v) is 4.55. The summed E-state index contributed by atoms with van der Waals surface area (Å²) < 4.78 is 5.99. The molecule has 1 aromatic carbocycles. The number of piperazine rings is 1. The van der Waals surface area contributed by atoms with Gasteiger partial charge in [0.15, 0.2) is 0 Å². The molecular weight excluding hydrogens is 252 g/mol. The third-order valence-electron chi connectivity index (χ3n) is 4.55. The maximum atomic E-state index is 10.8. The summed E-state index contributed by atoms with van der Waals surface area (Å²) in [7, 11) is 2.15. The highest BCUT2D eigenvalue weighted by atomic mass is 16.5. The zero-order chi connectivity index (χ0) is 14.3. The lowest BCUT2D eigenvalue weighted by molar-refractivity contribution is -0.0988. The molecule has 0 bridgehead atoms. The average molecular weight is 276 g/mol. The number of aliphatic hydroxyl groups excluding tert-OH is 1. The Morgan fingerprint density at radius 2 is 1.80 bits per heavy atom. The van der Waals surface area contributed by atoms with E-state index in [4.69, 9.17) is 4.74 Å². The van der Waals surface area contributed by atoms with E-state index in [1.807, 2.05) is 32.0 Å². The maximum absolute atomic E-state index is 10.8. The van der Waals surface area contributed by atoms with Crippen LogP contribution in [0.3, 0.4) is 0 Å². The number of nitrogens with zero attached hydrogens (tertiary/aromatic N) is 2. The van der Waals surface area contributed by atoms with E-state index in [1.165, 1.54) is 0 Å². The Hall–Kier alpha value is -1.10. The number of benzene rings is 1. The predicted octanol–water partition coefficient (Wildman–Crippen LogP) is 1.51. The molecule has 4 heteroatoms. The van der Waals surface area contributed by atoms with E-state index in [9.17, 15) is 5.11 Å². The summed E-state index contributed by atoms with van der Waals surface area (Å²) in [4.78, 5) is 4.73. The van der Waals surface area contributed by atoms with Crippen LogP contribution in [0.4, 0.5) is 0 Å². The average Bonchev–Trinajstić information content (AvgIpc) is 2.41. The number of hydrogen-bond acceptors (Lipinski definition) is 4. The monoisotopic (exact) mass is 276 g/mol. The lowest BCUT2D eigenvalue weighted by Crippen LogP contribution is -2.56. The summed E-state index contributed by atoms with van der Waals surface area (Å²) >= 11 is 0. The molecule has 2 unspecified atom stereocenters. The molecule has 1 aromatic rings. The molecule has 3 rings (SSSR count). The fourth-order valence-electron chi connectivity index (χ4n) is 3.21. The van der Waals surface area contributed by atoms with Crippen molar-refractivity contribution < 1.29 is 9.84 Å². The first kappa shape index (κ1) is 13.9. The quantitative estimate of drug-likeness (QED) is 0.843. The van der Waals surface area contributed by atoms with Crippen LogP contribution in [0.5, 0.6) is 5.75 Å². The normalized spacial score (nSPS) is 30.6. The number of hydrogen-bond donors (Lipinski definition) is 1. The molecule has 1 fully saturated rings. The number of aliphatic hydroxyl groups is 1. The van der Waals surface area contributed by atoms with Crippen molar-refractivity contribution in [3.8, 4) is 5.75 Å². The van der Waals surface area contributed by atoms with E-state index in [0.717, 1.165) is 37.5 Å². The van der Waals surface area contributed by atoms with Gasteiger partial charge in [-0.15, -0.1) is 0 Å². The molecule has 20 heavy (non-hydrogen) atoms. The molecule has 2 aliphatic rings. The van der Waals surface area contributed by atoms with Gasteiger partial charge in [0.05, 0.1) is 6.04 Å². The fourth-order valence-corrected chi connectivity index (χ4v) is 3.21. The van der Waals surface area contributed by atoms with Crippen LogP contribution in [-0.2, 0) is 0 Å². The largest absolute Gasteiger partial charge is 0.485 e. The third kappa shape index (κ3) is 2.32. The Kier molecular flexibility index (Phi) is 3.48. The summed E-state index contributed by atoms with van der Waals surface area (Å²) in [5.41, 5.74) is 0.561. The molecule has 0 radical (unpaired) electrons. The number of likely N-dealkylation sites (N-methyl/N-ethyl adjacent to an activating group) is 1. The van der Waals surface area contributed by atoms with Crippen LogP contribution >= 0.6 is 0 Å². The van der Waals surface area contributed by atoms with Crippen molar-refractivity contribution in [3.05, 3.63) is 29.8 Å². The van der Waals surface area contributed by atoms with E-state index in [0.29, 0.717) is 0 Å². The van der Waals surface area contributed by atoms with E-state index in [2.05, 4.69) is 22.9 Å². The van der Waals surface area contributed by atoms with E-state index in [-0.39, 0.29) is 6.04 Å². The van der Waals surface area contributed by atoms with Gasteiger partial charge in [0.25, 0.3) is 0 Å². The SMILES string of the molecule is CN1CCN(C2c3ccccc3OC(C)(C)C2O)CC1. The van der Waals surface area contributed by atoms with Gasteiger partial charge in [0.1, 0.15) is 17.5 Å². The van der Waals surface area contributed by atoms with Crippen molar-refractivity contribution in [2.45, 2.75) is 31.6 Å². The standard InChI is InChI=1S/C16H24N2O2/c1-16(2)15(19)14(18-10-8-17(3)9-11-18)12-6-4-5-7-13(12)20-16/h4-7,14-15,19H,8-11H2,1-3H3. The molecule has 4 nitrogen and oxygen atoms in total. The Morgan fingerprint density at radius 3 is 2.50 bits per heavy atom. The van der Waals surface area contributed by atoms with Crippen molar-refractivity contribution in [2.24, 2.45) is 0 Å². The van der Waals surface area contributed by atoms with Crippen molar-refractivity contribution in [3.63, 3.8) is 0 Å². The fraction of sp³-hybridized carbons (Fsp3) is 0.625. The maximum Gasteiger partial charge on any atom is 0.131 e. The lowest BCUT2D eigenvalue weighted by Gasteiger charge is -2.48. The predicted molar refractivity (Wildman–Crippen MR) is 79.0 cm³/mol. The summed E-state index contributed by atoms with van der Waals surface area (Å²) in [5, 5.41) is 10.8. The van der Waals surface area contributed by atoms with Crippen LogP contribution in [0.25, 0.3) is 0 Å². The van der Waals surface area contributed by atoms with Gasteiger partial charge in [-0.25, -0.2) is 0 Å². The van der Waals surface area contributed by atoms with Crippen LogP contribution in [0.1, 0.15) is 25.5 Å². The summed E-state index contributed by atoms with van der Waals surface area (Å²) in [6, 6.07) is 8.14. The van der Waals surface area contributed by atoms with Crippen LogP contribution in [-0.4, -0.2) is 59.8 Å². The smallest absolute Gasteiger partial charge is 0.131 e. The van der Waals surface area contributed by atoms with Crippen LogP contribution in [0.15, 0.2) is 24.3 Å². The van der Waals surface area contributed by atoms with Gasteiger partial charge in [-0.3, -0.25) is 4.90 Å². The molecule has 1 saturated heterocycles. The van der Waals surface area contributed by atoms with Crippen LogP contribution in [0, 0.1) is 0 Å². The highest BCUT2D eigenvalue weighted by Crippen LogP contribution is 2.42. The minimum Gasteiger partial charge on any atom is -0.485 e. The number of ether oxygens (including phenoxy) is 1. The zero-order valence-corrected chi connectivity index (χ0v) is 12.5. The van der Waals surface area contributed by atoms with Crippen LogP contribution in [0.2, 0.25) is 0 Å². The van der Waals surface area contributed by atoms with Crippen LogP contribution < -0.4 is 4.74 Å². The Balaban J connectivity index is 1.95. The topological polar surface area (TPSA) is 35.9 Å². The van der Waals surface area contributed by atoms with Crippen molar-refractivity contribution in [1.82, 2.24) is 9.80 Å². The second-order valence-corrected chi connectivity index (χ2v) is 6.47. The highest BCUT2D eigenvalue weighted by molar-refractivity contribution is 5.40. The second-order valence-electron chi connectivity index (χ2n) is 6.47. The first-order valence-corrected chi connectivity index (χ1v) is 7.37.